The Morgan fingerprint density at radius 3 is 2.41 bits per heavy atom. The summed E-state index contributed by atoms with van der Waals surface area (Å²) in [4.78, 5) is 24.6. The number of likely N-dealkylation sites (tertiary alicyclic amines) is 1. The number of aliphatic carboxylic acids is 1. The molecule has 1 rings (SSSR count). The van der Waals surface area contributed by atoms with Crippen molar-refractivity contribution < 1.29 is 19.4 Å². The largest absolute Gasteiger partial charge is 0.480 e. The van der Waals surface area contributed by atoms with Gasteiger partial charge >= 0.3 is 12.1 Å². The first-order valence-electron chi connectivity index (χ1n) is 5.44. The van der Waals surface area contributed by atoms with E-state index in [4.69, 9.17) is 4.74 Å². The number of carboxylic acids is 1. The Labute approximate surface area is 115 Å². The van der Waals surface area contributed by atoms with Gasteiger partial charge in [-0.3, -0.25) is 4.90 Å². The van der Waals surface area contributed by atoms with Crippen LogP contribution in [0.5, 0.6) is 0 Å². The fourth-order valence-electron chi connectivity index (χ4n) is 1.80. The molecule has 0 spiro atoms. The number of carbonyl (C=O) groups excluding carboxylic acids is 1. The molecule has 1 heterocycles. The van der Waals surface area contributed by atoms with Crippen LogP contribution in [0.25, 0.3) is 0 Å². The molecule has 1 aliphatic rings. The molecule has 1 fully saturated rings. The van der Waals surface area contributed by atoms with Gasteiger partial charge in [0.15, 0.2) is 0 Å². The van der Waals surface area contributed by atoms with Gasteiger partial charge in [0.2, 0.25) is 0 Å². The topological polar surface area (TPSA) is 66.8 Å². The van der Waals surface area contributed by atoms with Gasteiger partial charge in [-0.1, -0.05) is 22.6 Å². The van der Waals surface area contributed by atoms with Crippen LogP contribution in [0.15, 0.2) is 0 Å². The molecule has 5 nitrogen and oxygen atoms in total. The normalized spacial score (nSPS) is 29.2. The number of ether oxygens (including phenoxy) is 1. The summed E-state index contributed by atoms with van der Waals surface area (Å²) in [5.74, 6) is -0.984. The first-order chi connectivity index (χ1) is 7.56. The van der Waals surface area contributed by atoms with Gasteiger partial charge in [-0.15, -0.1) is 0 Å². The molecule has 2 unspecified atom stereocenters. The quantitative estimate of drug-likeness (QED) is 0.579. The van der Waals surface area contributed by atoms with Gasteiger partial charge in [-0.05, 0) is 34.1 Å². The van der Waals surface area contributed by atoms with Crippen LogP contribution in [0.2, 0.25) is 0 Å². The van der Waals surface area contributed by atoms with Crippen molar-refractivity contribution in [2.45, 2.75) is 49.2 Å². The number of nitrogens with zero attached hydrogens (tertiary/aromatic N) is 1. The zero-order valence-corrected chi connectivity index (χ0v) is 12.6. The lowest BCUT2D eigenvalue weighted by atomic mass is 10.00. The number of rotatable bonds is 1. The third-order valence-corrected chi connectivity index (χ3v) is 3.50. The molecule has 0 aromatic carbocycles. The molecule has 1 N–H and O–H groups in total. The summed E-state index contributed by atoms with van der Waals surface area (Å²) in [6.07, 6.45) is -0.108. The fraction of sp³-hybridized carbons (Fsp3) is 0.818. The lowest BCUT2D eigenvalue weighted by Crippen LogP contribution is -2.52. The number of carboxylic acid groups (broad SMARTS) is 1. The maximum Gasteiger partial charge on any atom is 0.411 e. The molecule has 17 heavy (non-hydrogen) atoms. The van der Waals surface area contributed by atoms with Crippen LogP contribution < -0.4 is 0 Å². The van der Waals surface area contributed by atoms with E-state index in [-0.39, 0.29) is 3.92 Å². The van der Waals surface area contributed by atoms with E-state index in [1.807, 2.05) is 0 Å². The lowest BCUT2D eigenvalue weighted by Gasteiger charge is -2.32. The Hall–Kier alpha value is -0.530. The van der Waals surface area contributed by atoms with Crippen LogP contribution >= 0.6 is 22.6 Å². The molecular formula is C11H18INO4. The number of amides is 1. The molecule has 6 heteroatoms. The van der Waals surface area contributed by atoms with Crippen molar-refractivity contribution in [3.05, 3.63) is 0 Å². The zero-order chi connectivity index (χ0) is 13.4. The minimum atomic E-state index is -1.16. The van der Waals surface area contributed by atoms with Crippen molar-refractivity contribution in [2.75, 3.05) is 6.54 Å². The smallest absolute Gasteiger partial charge is 0.411 e. The highest BCUT2D eigenvalue weighted by Gasteiger charge is 2.50. The minimum absolute atomic E-state index is 0.140. The average Bonchev–Trinajstić information content (AvgIpc) is 2.40. The van der Waals surface area contributed by atoms with E-state index in [2.05, 4.69) is 22.6 Å². The van der Waals surface area contributed by atoms with Gasteiger partial charge in [-0.25, -0.2) is 9.59 Å². The number of halogens is 1. The van der Waals surface area contributed by atoms with Crippen molar-refractivity contribution in [1.82, 2.24) is 4.90 Å². The second kappa shape index (κ2) is 4.62. The SMILES string of the molecule is CC(C)(C)OC(=O)N1CC(I)CC1(C)C(=O)O. The van der Waals surface area contributed by atoms with Crippen molar-refractivity contribution >= 4 is 34.7 Å². The van der Waals surface area contributed by atoms with Crippen molar-refractivity contribution in [3.63, 3.8) is 0 Å². The predicted octanol–water partition coefficient (Wildman–Crippen LogP) is 2.27. The number of alkyl halides is 1. The summed E-state index contributed by atoms with van der Waals surface area (Å²) in [7, 11) is 0. The number of carbonyl (C=O) groups is 2. The van der Waals surface area contributed by atoms with Crippen LogP contribution in [0.3, 0.4) is 0 Å². The Bertz CT molecular complexity index is 339. The van der Waals surface area contributed by atoms with E-state index < -0.39 is 23.2 Å². The van der Waals surface area contributed by atoms with Crippen LogP contribution in [-0.2, 0) is 9.53 Å². The molecule has 1 saturated heterocycles. The summed E-state index contributed by atoms with van der Waals surface area (Å²) < 4.78 is 5.38. The van der Waals surface area contributed by atoms with E-state index in [1.165, 1.54) is 4.90 Å². The highest BCUT2D eigenvalue weighted by Crippen LogP contribution is 2.34. The van der Waals surface area contributed by atoms with Crippen LogP contribution in [0, 0.1) is 0 Å². The van der Waals surface area contributed by atoms with E-state index in [1.54, 1.807) is 27.7 Å². The van der Waals surface area contributed by atoms with Crippen LogP contribution in [-0.4, -0.2) is 43.7 Å². The first-order valence-corrected chi connectivity index (χ1v) is 6.69. The maximum absolute atomic E-state index is 12.0. The number of hydrogen-bond donors (Lipinski definition) is 1. The monoisotopic (exact) mass is 355 g/mol. The highest BCUT2D eigenvalue weighted by molar-refractivity contribution is 14.1. The molecule has 0 bridgehead atoms. The summed E-state index contributed by atoms with van der Waals surface area (Å²) in [6.45, 7) is 7.28. The van der Waals surface area contributed by atoms with Gasteiger partial charge in [0.05, 0.1) is 0 Å². The van der Waals surface area contributed by atoms with Gasteiger partial charge < -0.3 is 9.84 Å². The fourth-order valence-corrected chi connectivity index (χ4v) is 3.05. The molecule has 0 aromatic rings. The van der Waals surface area contributed by atoms with E-state index in [0.717, 1.165) is 0 Å². The van der Waals surface area contributed by atoms with Crippen molar-refractivity contribution in [2.24, 2.45) is 0 Å². The third kappa shape index (κ3) is 3.23. The Morgan fingerprint density at radius 2 is 2.00 bits per heavy atom. The lowest BCUT2D eigenvalue weighted by molar-refractivity contribution is -0.148. The molecule has 98 valence electrons. The van der Waals surface area contributed by atoms with Crippen LogP contribution in [0.4, 0.5) is 4.79 Å². The maximum atomic E-state index is 12.0. The highest BCUT2D eigenvalue weighted by atomic mass is 127. The standard InChI is InChI=1S/C11H18INO4/c1-10(2,3)17-9(16)13-6-7(12)5-11(13,4)8(14)15/h7H,5-6H2,1-4H3,(H,14,15). The van der Waals surface area contributed by atoms with Crippen molar-refractivity contribution in [1.29, 1.82) is 0 Å². The molecular weight excluding hydrogens is 337 g/mol. The third-order valence-electron chi connectivity index (χ3n) is 2.67. The molecule has 0 radical (unpaired) electrons. The molecule has 1 amide bonds. The second-order valence-electron chi connectivity index (χ2n) is 5.47. The first kappa shape index (κ1) is 14.5. The molecule has 0 aliphatic carbocycles. The summed E-state index contributed by atoms with van der Waals surface area (Å²) in [6, 6.07) is 0. The van der Waals surface area contributed by atoms with Gasteiger partial charge in [0.1, 0.15) is 11.1 Å². The van der Waals surface area contributed by atoms with Gasteiger partial charge in [0.25, 0.3) is 0 Å². The minimum Gasteiger partial charge on any atom is -0.480 e. The van der Waals surface area contributed by atoms with E-state index in [0.29, 0.717) is 13.0 Å². The molecule has 0 saturated carbocycles. The Kier molecular flexibility index (Phi) is 3.95. The van der Waals surface area contributed by atoms with E-state index >= 15 is 0 Å². The zero-order valence-electron chi connectivity index (χ0n) is 10.5. The predicted molar refractivity (Wildman–Crippen MR) is 71.4 cm³/mol. The molecule has 1 aliphatic heterocycles. The number of hydrogen-bond acceptors (Lipinski definition) is 3. The average molecular weight is 355 g/mol. The Morgan fingerprint density at radius 1 is 1.47 bits per heavy atom. The van der Waals surface area contributed by atoms with E-state index in [9.17, 15) is 14.7 Å². The van der Waals surface area contributed by atoms with Crippen LogP contribution in [0.1, 0.15) is 34.1 Å². The van der Waals surface area contributed by atoms with Crippen molar-refractivity contribution in [3.8, 4) is 0 Å². The summed E-state index contributed by atoms with van der Waals surface area (Å²) in [5, 5.41) is 9.26. The molecule has 2 atom stereocenters. The Balaban J connectivity index is 2.88. The van der Waals surface area contributed by atoms with Gasteiger partial charge in [0, 0.05) is 10.5 Å². The van der Waals surface area contributed by atoms with Gasteiger partial charge in [-0.2, -0.15) is 0 Å². The molecule has 0 aromatic heterocycles. The summed E-state index contributed by atoms with van der Waals surface area (Å²) in [5.41, 5.74) is -1.77. The second-order valence-corrected chi connectivity index (χ2v) is 7.23. The summed E-state index contributed by atoms with van der Waals surface area (Å²) >= 11 is 2.16.